The van der Waals surface area contributed by atoms with Gasteiger partial charge in [-0.15, -0.1) is 5.10 Å². The summed E-state index contributed by atoms with van der Waals surface area (Å²) in [6, 6.07) is 4.49. The molecule has 1 aromatic heterocycles. The molecule has 0 aliphatic carbocycles. The first kappa shape index (κ1) is 18.4. The van der Waals surface area contributed by atoms with Gasteiger partial charge in [-0.1, -0.05) is 6.92 Å². The Bertz CT molecular complexity index is 797. The molecule has 2 aromatic rings. The molecular formula is C16H19FN4O4. The van der Waals surface area contributed by atoms with Gasteiger partial charge in [-0.25, -0.2) is 9.18 Å². The van der Waals surface area contributed by atoms with Gasteiger partial charge in [0.1, 0.15) is 18.4 Å². The molecule has 1 aromatic carbocycles. The number of nitrogens with zero attached hydrogens (tertiary/aromatic N) is 2. The van der Waals surface area contributed by atoms with Gasteiger partial charge >= 0.3 is 5.76 Å². The van der Waals surface area contributed by atoms with Gasteiger partial charge in [0, 0.05) is 12.1 Å². The van der Waals surface area contributed by atoms with E-state index in [-0.39, 0.29) is 11.8 Å². The second kappa shape index (κ2) is 8.22. The highest BCUT2D eigenvalue weighted by Crippen LogP contribution is 2.15. The van der Waals surface area contributed by atoms with Crippen LogP contribution in [-0.4, -0.2) is 34.2 Å². The highest BCUT2D eigenvalue weighted by Gasteiger charge is 2.17. The van der Waals surface area contributed by atoms with Gasteiger partial charge < -0.3 is 15.1 Å². The van der Waals surface area contributed by atoms with Crippen LogP contribution >= 0.6 is 0 Å². The molecule has 8 nitrogen and oxygen atoms in total. The summed E-state index contributed by atoms with van der Waals surface area (Å²) in [5.74, 6) is -2.14. The Balaban J connectivity index is 2.00. The van der Waals surface area contributed by atoms with Gasteiger partial charge in [-0.2, -0.15) is 4.68 Å². The summed E-state index contributed by atoms with van der Waals surface area (Å²) >= 11 is 0. The van der Waals surface area contributed by atoms with Gasteiger partial charge in [0.15, 0.2) is 0 Å². The molecule has 2 rings (SSSR count). The van der Waals surface area contributed by atoms with E-state index in [0.717, 1.165) is 11.1 Å². The first-order valence-corrected chi connectivity index (χ1v) is 7.81. The van der Waals surface area contributed by atoms with E-state index in [4.69, 9.17) is 4.42 Å². The lowest BCUT2D eigenvalue weighted by Crippen LogP contribution is -2.46. The molecule has 0 aliphatic rings. The fraction of sp³-hybridized carbons (Fsp3) is 0.375. The van der Waals surface area contributed by atoms with Crippen LogP contribution in [0.25, 0.3) is 11.5 Å². The van der Waals surface area contributed by atoms with E-state index in [1.165, 1.54) is 24.3 Å². The lowest BCUT2D eigenvalue weighted by molar-refractivity contribution is -0.129. The molecular weight excluding hydrogens is 331 g/mol. The summed E-state index contributed by atoms with van der Waals surface area (Å²) in [4.78, 5) is 35.5. The van der Waals surface area contributed by atoms with Crippen LogP contribution in [-0.2, 0) is 16.1 Å². The summed E-state index contributed by atoms with van der Waals surface area (Å²) in [5, 5.41) is 9.04. The third-order valence-electron chi connectivity index (χ3n) is 3.31. The third kappa shape index (κ3) is 5.00. The summed E-state index contributed by atoms with van der Waals surface area (Å²) in [6.45, 7) is 3.58. The van der Waals surface area contributed by atoms with Gasteiger partial charge in [0.05, 0.1) is 0 Å². The Morgan fingerprint density at radius 2 is 2.00 bits per heavy atom. The molecule has 9 heteroatoms. The van der Waals surface area contributed by atoms with Gasteiger partial charge in [-0.05, 0) is 37.6 Å². The maximum atomic E-state index is 12.9. The van der Waals surface area contributed by atoms with E-state index < -0.39 is 30.1 Å². The highest BCUT2D eigenvalue weighted by molar-refractivity contribution is 5.87. The van der Waals surface area contributed by atoms with E-state index >= 15 is 0 Å². The third-order valence-corrected chi connectivity index (χ3v) is 3.31. The summed E-state index contributed by atoms with van der Waals surface area (Å²) in [7, 11) is 0. The molecule has 0 spiro atoms. The molecule has 0 saturated heterocycles. The van der Waals surface area contributed by atoms with E-state index in [1.54, 1.807) is 6.92 Å². The Labute approximate surface area is 143 Å². The molecule has 0 aliphatic heterocycles. The van der Waals surface area contributed by atoms with Crippen molar-refractivity contribution in [1.82, 2.24) is 20.4 Å². The van der Waals surface area contributed by atoms with Crippen LogP contribution in [0.4, 0.5) is 4.39 Å². The maximum absolute atomic E-state index is 12.9. The molecule has 0 saturated carbocycles. The Morgan fingerprint density at radius 1 is 1.32 bits per heavy atom. The normalized spacial score (nSPS) is 11.8. The van der Waals surface area contributed by atoms with Crippen molar-refractivity contribution in [3.8, 4) is 11.5 Å². The average Bonchev–Trinajstić information content (AvgIpc) is 2.93. The van der Waals surface area contributed by atoms with Crippen molar-refractivity contribution in [2.24, 2.45) is 0 Å². The highest BCUT2D eigenvalue weighted by atomic mass is 19.1. The number of benzene rings is 1. The molecule has 0 fully saturated rings. The topological polar surface area (TPSA) is 106 Å². The van der Waals surface area contributed by atoms with Crippen LogP contribution in [0.2, 0.25) is 0 Å². The largest absolute Gasteiger partial charge is 0.437 e. The smallest absolute Gasteiger partial charge is 0.388 e. The van der Waals surface area contributed by atoms with Crippen LogP contribution in [0.1, 0.15) is 20.3 Å². The van der Waals surface area contributed by atoms with Crippen LogP contribution in [0.3, 0.4) is 0 Å². The zero-order valence-corrected chi connectivity index (χ0v) is 13.9. The number of carbonyl (C=O) groups is 2. The van der Waals surface area contributed by atoms with Crippen molar-refractivity contribution >= 4 is 11.8 Å². The molecule has 2 N–H and O–H groups in total. The Kier molecular flexibility index (Phi) is 6.04. The minimum Gasteiger partial charge on any atom is -0.388 e. The number of hydrogen-bond donors (Lipinski definition) is 2. The molecule has 0 unspecified atom stereocenters. The second-order valence-electron chi connectivity index (χ2n) is 5.42. The number of hydrogen-bond acceptors (Lipinski definition) is 5. The molecule has 134 valence electrons. The fourth-order valence-electron chi connectivity index (χ4n) is 2.01. The predicted molar refractivity (Wildman–Crippen MR) is 87.1 cm³/mol. The number of carbonyl (C=O) groups excluding carboxylic acids is 2. The van der Waals surface area contributed by atoms with Crippen LogP contribution in [0, 0.1) is 5.82 Å². The first-order valence-electron chi connectivity index (χ1n) is 7.81. The quantitative estimate of drug-likeness (QED) is 0.763. The Morgan fingerprint density at radius 3 is 2.64 bits per heavy atom. The number of rotatable bonds is 7. The lowest BCUT2D eigenvalue weighted by atomic mass is 10.2. The Hall–Kier alpha value is -2.97. The minimum absolute atomic E-state index is 0.0217. The monoisotopic (exact) mass is 350 g/mol. The van der Waals surface area contributed by atoms with Crippen LogP contribution in [0.5, 0.6) is 0 Å². The number of nitrogens with one attached hydrogen (secondary N) is 2. The van der Waals surface area contributed by atoms with Crippen molar-refractivity contribution in [3.05, 3.63) is 40.6 Å². The van der Waals surface area contributed by atoms with E-state index in [0.29, 0.717) is 12.1 Å². The molecule has 1 atom stereocenters. The minimum atomic E-state index is -0.822. The van der Waals surface area contributed by atoms with E-state index in [1.807, 2.05) is 6.92 Å². The maximum Gasteiger partial charge on any atom is 0.437 e. The summed E-state index contributed by atoms with van der Waals surface area (Å²) < 4.78 is 18.7. The number of amides is 2. The molecule has 2 amide bonds. The first-order chi connectivity index (χ1) is 11.9. The molecule has 1 heterocycles. The van der Waals surface area contributed by atoms with Crippen molar-refractivity contribution < 1.29 is 18.4 Å². The SMILES string of the molecule is CCCNC(=O)[C@H](C)NC(=O)Cn1nc(-c2ccc(F)cc2)oc1=O. The van der Waals surface area contributed by atoms with E-state index in [9.17, 15) is 18.8 Å². The van der Waals surface area contributed by atoms with Crippen molar-refractivity contribution in [2.75, 3.05) is 6.54 Å². The zero-order valence-electron chi connectivity index (χ0n) is 13.9. The van der Waals surface area contributed by atoms with Gasteiger partial charge in [0.25, 0.3) is 0 Å². The molecule has 0 bridgehead atoms. The fourth-order valence-corrected chi connectivity index (χ4v) is 2.01. The van der Waals surface area contributed by atoms with Crippen molar-refractivity contribution in [3.63, 3.8) is 0 Å². The average molecular weight is 350 g/mol. The van der Waals surface area contributed by atoms with Crippen LogP contribution in [0.15, 0.2) is 33.5 Å². The van der Waals surface area contributed by atoms with E-state index in [2.05, 4.69) is 15.7 Å². The molecule has 0 radical (unpaired) electrons. The number of aromatic nitrogens is 2. The van der Waals surface area contributed by atoms with Crippen molar-refractivity contribution in [2.45, 2.75) is 32.9 Å². The lowest BCUT2D eigenvalue weighted by Gasteiger charge is -2.13. The summed E-state index contributed by atoms with van der Waals surface area (Å²) in [5.41, 5.74) is 0.407. The number of halogens is 1. The standard InChI is InChI=1S/C16H19FN4O4/c1-3-8-18-14(23)10(2)19-13(22)9-21-16(24)25-15(20-21)11-4-6-12(17)7-5-11/h4-7,10H,3,8-9H2,1-2H3,(H,18,23)(H,19,22)/t10-/m0/s1. The van der Waals surface area contributed by atoms with Crippen molar-refractivity contribution in [1.29, 1.82) is 0 Å². The van der Waals surface area contributed by atoms with Crippen LogP contribution < -0.4 is 16.4 Å². The second-order valence-corrected chi connectivity index (χ2v) is 5.42. The molecule has 25 heavy (non-hydrogen) atoms. The zero-order chi connectivity index (χ0) is 18.4. The van der Waals surface area contributed by atoms with Gasteiger partial charge in [-0.3, -0.25) is 9.59 Å². The summed E-state index contributed by atoms with van der Waals surface area (Å²) in [6.07, 6.45) is 0.785. The predicted octanol–water partition coefficient (Wildman–Crippen LogP) is 0.673. The van der Waals surface area contributed by atoms with Gasteiger partial charge in [0.2, 0.25) is 17.7 Å².